The van der Waals surface area contributed by atoms with Gasteiger partial charge in [-0.15, -0.1) is 0 Å². The van der Waals surface area contributed by atoms with Gasteiger partial charge in [-0.1, -0.05) is 16.8 Å². The monoisotopic (exact) mass is 390 g/mol. The van der Waals surface area contributed by atoms with Gasteiger partial charge in [0.05, 0.1) is 5.92 Å². The van der Waals surface area contributed by atoms with Crippen molar-refractivity contribution in [2.45, 2.75) is 32.6 Å². The number of nitrogens with zero attached hydrogens (tertiary/aromatic N) is 3. The van der Waals surface area contributed by atoms with Crippen molar-refractivity contribution in [1.29, 1.82) is 0 Å². The summed E-state index contributed by atoms with van der Waals surface area (Å²) in [5.74, 6) is 0.811. The van der Waals surface area contributed by atoms with Gasteiger partial charge in [-0.2, -0.15) is 4.98 Å². The second kappa shape index (κ2) is 8.99. The molecule has 1 saturated heterocycles. The lowest BCUT2D eigenvalue weighted by Gasteiger charge is -2.32. The van der Waals surface area contributed by atoms with Crippen LogP contribution in [0.15, 0.2) is 28.8 Å². The van der Waals surface area contributed by atoms with Gasteiger partial charge in [0.15, 0.2) is 0 Å². The largest absolute Gasteiger partial charge is 0.356 e. The van der Waals surface area contributed by atoms with Crippen LogP contribution < -0.4 is 5.32 Å². The maximum absolute atomic E-state index is 12.5. The summed E-state index contributed by atoms with van der Waals surface area (Å²) in [6.07, 6.45) is 2.32. The van der Waals surface area contributed by atoms with Gasteiger partial charge in [0, 0.05) is 43.1 Å². The number of piperidine rings is 1. The Morgan fingerprint density at radius 1 is 1.33 bits per heavy atom. The van der Waals surface area contributed by atoms with Crippen LogP contribution in [0.4, 0.5) is 0 Å². The molecule has 1 aromatic heterocycles. The van der Waals surface area contributed by atoms with Crippen LogP contribution in [-0.4, -0.2) is 46.5 Å². The molecule has 7 nitrogen and oxygen atoms in total. The molecule has 2 amide bonds. The first-order chi connectivity index (χ1) is 13.1. The van der Waals surface area contributed by atoms with Crippen molar-refractivity contribution < 1.29 is 14.1 Å². The Hall–Kier alpha value is -2.41. The summed E-state index contributed by atoms with van der Waals surface area (Å²) >= 11 is 5.88. The molecule has 0 aliphatic carbocycles. The van der Waals surface area contributed by atoms with E-state index in [4.69, 9.17) is 16.1 Å². The maximum atomic E-state index is 12.5. The SMILES string of the molecule is CCNC(=O)[C@@H]1CCCN(C(=O)CCc2nc(-c3ccc(Cl)cc3)no2)C1. The number of benzene rings is 1. The standard InChI is InChI=1S/C19H23ClN4O3/c1-2-21-19(26)14-4-3-11-24(12-14)17(25)10-9-16-22-18(23-27-16)13-5-7-15(20)8-6-13/h5-8,14H,2-4,9-12H2,1H3,(H,21,26)/t14-/m1/s1. The molecule has 27 heavy (non-hydrogen) atoms. The molecule has 2 heterocycles. The van der Waals surface area contributed by atoms with E-state index in [-0.39, 0.29) is 24.2 Å². The number of aromatic nitrogens is 2. The Kier molecular flexibility index (Phi) is 6.45. The van der Waals surface area contributed by atoms with E-state index in [0.717, 1.165) is 18.4 Å². The number of carbonyl (C=O) groups excluding carboxylic acids is 2. The fourth-order valence-corrected chi connectivity index (χ4v) is 3.31. The minimum absolute atomic E-state index is 0.00948. The molecule has 3 rings (SSSR count). The van der Waals surface area contributed by atoms with E-state index in [0.29, 0.717) is 42.8 Å². The number of rotatable bonds is 6. The van der Waals surface area contributed by atoms with Crippen LogP contribution in [-0.2, 0) is 16.0 Å². The predicted octanol–water partition coefficient (Wildman–Crippen LogP) is 2.70. The smallest absolute Gasteiger partial charge is 0.227 e. The van der Waals surface area contributed by atoms with Gasteiger partial charge < -0.3 is 14.7 Å². The summed E-state index contributed by atoms with van der Waals surface area (Å²) < 4.78 is 5.25. The number of nitrogens with one attached hydrogen (secondary N) is 1. The number of hydrogen-bond acceptors (Lipinski definition) is 5. The molecule has 0 saturated carbocycles. The molecule has 1 aromatic carbocycles. The molecular weight excluding hydrogens is 368 g/mol. The van der Waals surface area contributed by atoms with Crippen molar-refractivity contribution in [3.8, 4) is 11.4 Å². The normalized spacial score (nSPS) is 17.0. The Labute approximate surface area is 163 Å². The Morgan fingerprint density at radius 2 is 2.11 bits per heavy atom. The summed E-state index contributed by atoms with van der Waals surface area (Å²) in [5.41, 5.74) is 0.807. The van der Waals surface area contributed by atoms with Crippen LogP contribution in [0.1, 0.15) is 32.1 Å². The third-order valence-corrected chi connectivity index (χ3v) is 4.87. The lowest BCUT2D eigenvalue weighted by Crippen LogP contribution is -2.45. The number of halogens is 1. The van der Waals surface area contributed by atoms with Gasteiger partial charge in [0.25, 0.3) is 0 Å². The predicted molar refractivity (Wildman–Crippen MR) is 101 cm³/mol. The van der Waals surface area contributed by atoms with Crippen LogP contribution in [0.5, 0.6) is 0 Å². The number of amides is 2. The lowest BCUT2D eigenvalue weighted by molar-refractivity contribution is -0.135. The summed E-state index contributed by atoms with van der Waals surface area (Å²) in [6.45, 7) is 3.67. The molecule has 1 fully saturated rings. The highest BCUT2D eigenvalue weighted by molar-refractivity contribution is 6.30. The van der Waals surface area contributed by atoms with E-state index in [1.807, 2.05) is 19.1 Å². The van der Waals surface area contributed by atoms with Crippen molar-refractivity contribution in [3.63, 3.8) is 0 Å². The zero-order valence-electron chi connectivity index (χ0n) is 15.3. The van der Waals surface area contributed by atoms with Crippen LogP contribution in [0.2, 0.25) is 5.02 Å². The maximum Gasteiger partial charge on any atom is 0.227 e. The first kappa shape index (κ1) is 19.4. The highest BCUT2D eigenvalue weighted by Gasteiger charge is 2.28. The van der Waals surface area contributed by atoms with Gasteiger partial charge in [0.2, 0.25) is 23.5 Å². The summed E-state index contributed by atoms with van der Waals surface area (Å²) in [6, 6.07) is 7.16. The zero-order valence-corrected chi connectivity index (χ0v) is 16.0. The highest BCUT2D eigenvalue weighted by Crippen LogP contribution is 2.20. The Morgan fingerprint density at radius 3 is 2.85 bits per heavy atom. The third-order valence-electron chi connectivity index (χ3n) is 4.62. The van der Waals surface area contributed by atoms with Crippen molar-refractivity contribution >= 4 is 23.4 Å². The van der Waals surface area contributed by atoms with Crippen LogP contribution in [0.25, 0.3) is 11.4 Å². The van der Waals surface area contributed by atoms with E-state index in [1.54, 1.807) is 17.0 Å². The van der Waals surface area contributed by atoms with Gasteiger partial charge in [-0.05, 0) is 44.0 Å². The first-order valence-electron chi connectivity index (χ1n) is 9.21. The fraction of sp³-hybridized carbons (Fsp3) is 0.474. The van der Waals surface area contributed by atoms with E-state index < -0.39 is 0 Å². The van der Waals surface area contributed by atoms with E-state index >= 15 is 0 Å². The summed E-state index contributed by atoms with van der Waals surface area (Å²) in [7, 11) is 0. The van der Waals surface area contributed by atoms with Gasteiger partial charge in [-0.25, -0.2) is 0 Å². The number of carbonyl (C=O) groups is 2. The fourth-order valence-electron chi connectivity index (χ4n) is 3.18. The van der Waals surface area contributed by atoms with Gasteiger partial charge in [-0.3, -0.25) is 9.59 Å². The molecule has 0 spiro atoms. The molecule has 2 aromatic rings. The molecule has 1 atom stereocenters. The molecule has 8 heteroatoms. The zero-order chi connectivity index (χ0) is 19.2. The van der Waals surface area contributed by atoms with Crippen LogP contribution >= 0.6 is 11.6 Å². The van der Waals surface area contributed by atoms with Crippen molar-refractivity contribution in [2.75, 3.05) is 19.6 Å². The average molecular weight is 391 g/mol. The number of aryl methyl sites for hydroxylation is 1. The van der Waals surface area contributed by atoms with Crippen molar-refractivity contribution in [1.82, 2.24) is 20.4 Å². The molecule has 1 aliphatic heterocycles. The second-order valence-electron chi connectivity index (χ2n) is 6.59. The lowest BCUT2D eigenvalue weighted by atomic mass is 9.96. The van der Waals surface area contributed by atoms with Gasteiger partial charge in [0.1, 0.15) is 0 Å². The van der Waals surface area contributed by atoms with E-state index in [1.165, 1.54) is 0 Å². The molecule has 1 N–H and O–H groups in total. The average Bonchev–Trinajstić information content (AvgIpc) is 3.16. The third kappa shape index (κ3) is 5.07. The second-order valence-corrected chi connectivity index (χ2v) is 7.03. The number of hydrogen-bond donors (Lipinski definition) is 1. The minimum Gasteiger partial charge on any atom is -0.356 e. The highest BCUT2D eigenvalue weighted by atomic mass is 35.5. The molecule has 0 bridgehead atoms. The van der Waals surface area contributed by atoms with E-state index in [2.05, 4.69) is 15.5 Å². The molecule has 1 aliphatic rings. The Balaban J connectivity index is 1.53. The van der Waals surface area contributed by atoms with E-state index in [9.17, 15) is 9.59 Å². The summed E-state index contributed by atoms with van der Waals surface area (Å²) in [4.78, 5) is 30.6. The topological polar surface area (TPSA) is 88.3 Å². The minimum atomic E-state index is -0.123. The van der Waals surface area contributed by atoms with Crippen LogP contribution in [0, 0.1) is 5.92 Å². The quantitative estimate of drug-likeness (QED) is 0.819. The molecule has 144 valence electrons. The molecular formula is C19H23ClN4O3. The number of likely N-dealkylation sites (tertiary alicyclic amines) is 1. The first-order valence-corrected chi connectivity index (χ1v) is 9.58. The molecule has 0 unspecified atom stereocenters. The molecule has 0 radical (unpaired) electrons. The Bertz CT molecular complexity index is 791. The van der Waals surface area contributed by atoms with Crippen LogP contribution in [0.3, 0.4) is 0 Å². The van der Waals surface area contributed by atoms with Crippen molar-refractivity contribution in [2.24, 2.45) is 5.92 Å². The van der Waals surface area contributed by atoms with Crippen molar-refractivity contribution in [3.05, 3.63) is 35.2 Å². The van der Waals surface area contributed by atoms with Gasteiger partial charge >= 0.3 is 0 Å². The summed E-state index contributed by atoms with van der Waals surface area (Å²) in [5, 5.41) is 7.43.